The Balaban J connectivity index is 1.49. The summed E-state index contributed by atoms with van der Waals surface area (Å²) in [7, 11) is -9.19. The van der Waals surface area contributed by atoms with E-state index in [9.17, 15) is 0 Å². The Morgan fingerprint density at radius 2 is 0.349 bits per heavy atom. The zero-order valence-electron chi connectivity index (χ0n) is 51.6. The summed E-state index contributed by atoms with van der Waals surface area (Å²) in [5.74, 6) is 1.63. The Labute approximate surface area is 509 Å². The fraction of sp³-hybridized carbons (Fsp3) is 0.280. The first-order valence-corrected chi connectivity index (χ1v) is 38.5. The van der Waals surface area contributed by atoms with E-state index in [0.29, 0.717) is 0 Å². The van der Waals surface area contributed by atoms with Gasteiger partial charge in [-0.2, -0.15) is 0 Å². The first-order valence-electron chi connectivity index (χ1n) is 29.6. The molecule has 0 heterocycles. The van der Waals surface area contributed by atoms with E-state index in [-0.39, 0.29) is 35.5 Å². The molecule has 0 N–H and O–H groups in total. The van der Waals surface area contributed by atoms with Crippen molar-refractivity contribution in [1.82, 2.24) is 0 Å². The van der Waals surface area contributed by atoms with Crippen molar-refractivity contribution in [2.75, 3.05) is 0 Å². The topological polar surface area (TPSA) is 44.8 Å². The number of hydrogen-bond donors (Lipinski definition) is 0. The minimum absolute atomic E-state index is 0.272. The number of rotatable bonds is 21. The predicted molar refractivity (Wildman–Crippen MR) is 354 cm³/mol. The van der Waals surface area contributed by atoms with Gasteiger partial charge in [-0.1, -0.05) is 0 Å². The Morgan fingerprint density at radius 1 is 0.229 bits per heavy atom. The van der Waals surface area contributed by atoms with Gasteiger partial charge in [0.25, 0.3) is 0 Å². The average Bonchev–Trinajstić information content (AvgIpc) is 3.12. The number of aryl methyl sites for hydroxylation is 3. The number of hydrogen-bond acceptors (Lipinski definition) is 4. The van der Waals surface area contributed by atoms with Crippen LogP contribution in [0.3, 0.4) is 0 Å². The molecule has 0 aliphatic carbocycles. The first kappa shape index (κ1) is 62.1. The quantitative estimate of drug-likeness (QED) is 0.0673. The van der Waals surface area contributed by atoms with Gasteiger partial charge in [-0.25, -0.2) is 0 Å². The van der Waals surface area contributed by atoms with Crippen LogP contribution in [0, 0.1) is 20.8 Å². The van der Waals surface area contributed by atoms with Gasteiger partial charge in [-0.15, -0.1) is 0 Å². The van der Waals surface area contributed by atoms with E-state index >= 15 is 3.02 Å². The van der Waals surface area contributed by atoms with E-state index in [1.54, 1.807) is 0 Å². The Kier molecular flexibility index (Phi) is 19.5. The minimum atomic E-state index is -6.81. The number of benzene rings is 9. The maximum atomic E-state index is 19.2. The fourth-order valence-electron chi connectivity index (χ4n) is 10.5. The van der Waals surface area contributed by atoms with E-state index in [4.69, 9.17) is 7.38 Å². The van der Waals surface area contributed by atoms with Crippen LogP contribution in [-0.2, 0) is 10.4 Å². The third-order valence-corrected chi connectivity index (χ3v) is 36.0. The molecule has 0 aromatic heterocycles. The molecule has 0 saturated heterocycles. The zero-order chi connectivity index (χ0) is 59.4. The summed E-state index contributed by atoms with van der Waals surface area (Å²) in [5, 5.41) is 0. The van der Waals surface area contributed by atoms with Gasteiger partial charge in [-0.05, 0) is 0 Å². The van der Waals surface area contributed by atoms with Crippen LogP contribution in [0.5, 0.6) is 0 Å². The van der Waals surface area contributed by atoms with Crippen molar-refractivity contribution >= 4 is 51.0 Å². The average molecular weight is 1270 g/mol. The molecule has 0 unspecified atom stereocenters. The van der Waals surface area contributed by atoms with Crippen molar-refractivity contribution < 1.29 is 10.4 Å². The molecule has 0 aliphatic heterocycles. The summed E-state index contributed by atoms with van der Waals surface area (Å²) in [6, 6.07) is 79.0. The molecule has 9 rings (SSSR count). The standard InChI is InChI=1S/3C25H30OS.O.Sb/c3*1-18(2)21-8-14-24(15-9-21)27(26,23-12-6-20(5)7-13-23)25-16-10-22(11-17-25)19(3)4;;/h3*6-19,26H,1-5H3;;/q;;;;+3/p-3. The van der Waals surface area contributed by atoms with Crippen LogP contribution in [0.1, 0.15) is 169 Å². The maximum absolute atomic E-state index is 19.2. The zero-order valence-corrected chi connectivity index (χ0v) is 56.6. The second kappa shape index (κ2) is 26.0. The monoisotopic (exact) mass is 1270 g/mol. The molecule has 0 spiro atoms. The summed E-state index contributed by atoms with van der Waals surface area (Å²) < 4.78 is 44.6. The van der Waals surface area contributed by atoms with Gasteiger partial charge >= 0.3 is 513 Å². The first-order chi connectivity index (χ1) is 39.6. The molecular weight excluding hydrogens is 1180 g/mol. The summed E-state index contributed by atoms with van der Waals surface area (Å²) in [4.78, 5) is 8.00. The molecular formula is C75H87O4S3Sb. The molecule has 0 bridgehead atoms. The molecule has 0 fully saturated rings. The van der Waals surface area contributed by atoms with Gasteiger partial charge in [0.05, 0.1) is 0 Å². The van der Waals surface area contributed by atoms with E-state index in [2.05, 4.69) is 322 Å². The summed E-state index contributed by atoms with van der Waals surface area (Å²) in [6.07, 6.45) is 0. The normalized spacial score (nSPS) is 13.2. The van der Waals surface area contributed by atoms with Gasteiger partial charge in [0.1, 0.15) is 0 Å². The molecule has 0 radical (unpaired) electrons. The molecule has 434 valence electrons. The third kappa shape index (κ3) is 13.0. The van der Waals surface area contributed by atoms with Crippen LogP contribution >= 0.6 is 30.9 Å². The van der Waals surface area contributed by atoms with Gasteiger partial charge in [0, 0.05) is 0 Å². The molecule has 0 atom stereocenters. The Bertz CT molecular complexity index is 3070. The van der Waals surface area contributed by atoms with Crippen LogP contribution in [0.25, 0.3) is 0 Å². The van der Waals surface area contributed by atoms with E-state index in [1.807, 2.05) is 0 Å². The van der Waals surface area contributed by atoms with Crippen molar-refractivity contribution in [3.05, 3.63) is 268 Å². The summed E-state index contributed by atoms with van der Waals surface area (Å²) in [6.45, 7) is 33.0. The van der Waals surface area contributed by atoms with Crippen LogP contribution < -0.4 is 0 Å². The van der Waals surface area contributed by atoms with Crippen LogP contribution in [0.4, 0.5) is 0 Å². The second-order valence-electron chi connectivity index (χ2n) is 24.1. The summed E-state index contributed by atoms with van der Waals surface area (Å²) >= 11 is -6.81. The fourth-order valence-corrected chi connectivity index (χ4v) is 35.1. The van der Waals surface area contributed by atoms with Crippen molar-refractivity contribution in [3.8, 4) is 0 Å². The Morgan fingerprint density at radius 3 is 0.470 bits per heavy atom. The van der Waals surface area contributed by atoms with Crippen molar-refractivity contribution in [1.29, 1.82) is 0 Å². The Hall–Kier alpha value is -5.47. The SMILES string of the molecule is Cc1ccc(S([O][Sb](=[O])([O]S(c2ccc(C)cc2)(c2ccc(C(C)C)cc2)c2ccc(C(C)C)cc2)[O]S(c2ccc(C)cc2)(c2ccc(C(C)C)cc2)c2ccc(C(C)C)cc2)(c2ccc(C(C)C)cc2)c2ccc(C(C)C)cc2)cc1. The van der Waals surface area contributed by atoms with Crippen molar-refractivity contribution in [2.45, 2.75) is 183 Å². The van der Waals surface area contributed by atoms with Gasteiger partial charge in [0.2, 0.25) is 0 Å². The molecule has 9 aromatic carbocycles. The molecule has 0 amide bonds. The van der Waals surface area contributed by atoms with Gasteiger partial charge < -0.3 is 0 Å². The molecule has 0 aliphatic rings. The van der Waals surface area contributed by atoms with Crippen LogP contribution in [0.2, 0.25) is 0 Å². The molecule has 83 heavy (non-hydrogen) atoms. The van der Waals surface area contributed by atoms with Gasteiger partial charge in [0.15, 0.2) is 0 Å². The molecule has 9 aromatic rings. The van der Waals surface area contributed by atoms with Crippen LogP contribution in [-0.4, -0.2) is 20.1 Å². The van der Waals surface area contributed by atoms with Crippen molar-refractivity contribution in [3.63, 3.8) is 0 Å². The third-order valence-electron chi connectivity index (χ3n) is 15.9. The van der Waals surface area contributed by atoms with Crippen LogP contribution in [0.15, 0.2) is 262 Å². The van der Waals surface area contributed by atoms with Gasteiger partial charge in [-0.3, -0.25) is 0 Å². The van der Waals surface area contributed by atoms with Crippen molar-refractivity contribution in [2.24, 2.45) is 0 Å². The predicted octanol–water partition coefficient (Wildman–Crippen LogP) is 23.3. The molecule has 4 nitrogen and oxygen atoms in total. The van der Waals surface area contributed by atoms with E-state index < -0.39 is 51.0 Å². The summed E-state index contributed by atoms with van der Waals surface area (Å²) in [5.41, 5.74) is 10.5. The second-order valence-corrected chi connectivity index (χ2v) is 38.5. The van der Waals surface area contributed by atoms with E-state index in [1.165, 1.54) is 33.4 Å². The molecule has 8 heteroatoms. The molecule has 0 saturated carbocycles. The van der Waals surface area contributed by atoms with E-state index in [0.717, 1.165) is 60.7 Å².